The standard InChI is InChI=1S/C23H21FN2O5S/c1-31-23(28)18-12-10-16(11-13-18)15-26(21(22(25)27)17-6-3-2-4-7-17)32(29,30)20-9-5-8-19(24)14-20/h2-14,21H,15H2,1H3,(H2,25,27). The lowest BCUT2D eigenvalue weighted by Gasteiger charge is -2.29. The second kappa shape index (κ2) is 9.71. The summed E-state index contributed by atoms with van der Waals surface area (Å²) in [6.07, 6.45) is 0. The van der Waals surface area contributed by atoms with Crippen LogP contribution < -0.4 is 5.73 Å². The molecule has 0 fully saturated rings. The molecule has 0 heterocycles. The lowest BCUT2D eigenvalue weighted by atomic mass is 10.1. The number of nitrogens with two attached hydrogens (primary N) is 1. The Balaban J connectivity index is 2.10. The van der Waals surface area contributed by atoms with E-state index in [1.54, 1.807) is 42.5 Å². The summed E-state index contributed by atoms with van der Waals surface area (Å²) in [7, 11) is -3.09. The lowest BCUT2D eigenvalue weighted by Crippen LogP contribution is -2.41. The van der Waals surface area contributed by atoms with Crippen LogP contribution in [-0.4, -0.2) is 31.7 Å². The molecule has 166 valence electrons. The zero-order valence-corrected chi connectivity index (χ0v) is 18.0. The monoisotopic (exact) mass is 456 g/mol. The molecule has 2 N–H and O–H groups in total. The maximum absolute atomic E-state index is 13.8. The minimum atomic E-state index is -4.34. The fourth-order valence-corrected chi connectivity index (χ4v) is 4.83. The number of esters is 1. The Morgan fingerprint density at radius 1 is 1.00 bits per heavy atom. The number of benzene rings is 3. The third kappa shape index (κ3) is 5.01. The molecule has 0 aromatic heterocycles. The minimum Gasteiger partial charge on any atom is -0.465 e. The number of primary amides is 1. The largest absolute Gasteiger partial charge is 0.465 e. The van der Waals surface area contributed by atoms with E-state index in [1.165, 1.54) is 31.4 Å². The summed E-state index contributed by atoms with van der Waals surface area (Å²) in [5, 5.41) is 0. The summed E-state index contributed by atoms with van der Waals surface area (Å²) in [4.78, 5) is 23.8. The number of hydrogen-bond acceptors (Lipinski definition) is 5. The second-order valence-electron chi connectivity index (χ2n) is 6.91. The van der Waals surface area contributed by atoms with Gasteiger partial charge >= 0.3 is 5.97 Å². The number of methoxy groups -OCH3 is 1. The summed E-state index contributed by atoms with van der Waals surface area (Å²) in [5.41, 5.74) is 6.76. The van der Waals surface area contributed by atoms with Crippen LogP contribution in [-0.2, 0) is 26.1 Å². The molecule has 3 rings (SSSR count). The molecule has 0 radical (unpaired) electrons. The van der Waals surface area contributed by atoms with E-state index >= 15 is 0 Å². The van der Waals surface area contributed by atoms with E-state index in [2.05, 4.69) is 4.74 Å². The number of carbonyl (C=O) groups excluding carboxylic acids is 2. The molecule has 3 aromatic rings. The molecule has 0 aliphatic rings. The number of amides is 1. The molecule has 1 atom stereocenters. The van der Waals surface area contributed by atoms with E-state index in [0.717, 1.165) is 16.4 Å². The smallest absolute Gasteiger partial charge is 0.337 e. The summed E-state index contributed by atoms with van der Waals surface area (Å²) >= 11 is 0. The van der Waals surface area contributed by atoms with E-state index in [1.807, 2.05) is 0 Å². The number of carbonyl (C=O) groups is 2. The Bertz CT molecular complexity index is 1210. The number of ether oxygens (including phenoxy) is 1. The normalized spacial score (nSPS) is 12.3. The molecule has 0 bridgehead atoms. The Kier molecular flexibility index (Phi) is 7.01. The van der Waals surface area contributed by atoms with Crippen LogP contribution in [0.5, 0.6) is 0 Å². The molecule has 1 amide bonds. The molecule has 1 unspecified atom stereocenters. The quantitative estimate of drug-likeness (QED) is 0.525. The number of halogens is 1. The van der Waals surface area contributed by atoms with Crippen molar-refractivity contribution in [3.63, 3.8) is 0 Å². The molecule has 0 saturated heterocycles. The second-order valence-corrected chi connectivity index (χ2v) is 8.80. The van der Waals surface area contributed by atoms with E-state index in [0.29, 0.717) is 11.1 Å². The molecule has 0 saturated carbocycles. The molecular formula is C23H21FN2O5S. The SMILES string of the molecule is COC(=O)c1ccc(CN(C(C(N)=O)c2ccccc2)S(=O)(=O)c2cccc(F)c2)cc1. The molecule has 9 heteroatoms. The van der Waals surface area contributed by atoms with Crippen LogP contribution in [0.1, 0.15) is 27.5 Å². The van der Waals surface area contributed by atoms with Gasteiger partial charge in [0.1, 0.15) is 11.9 Å². The van der Waals surface area contributed by atoms with Crippen molar-refractivity contribution in [2.45, 2.75) is 17.5 Å². The number of sulfonamides is 1. The van der Waals surface area contributed by atoms with Crippen LogP contribution in [0.3, 0.4) is 0 Å². The van der Waals surface area contributed by atoms with Gasteiger partial charge in [0.05, 0.1) is 17.6 Å². The van der Waals surface area contributed by atoms with Gasteiger partial charge in [-0.3, -0.25) is 4.79 Å². The van der Waals surface area contributed by atoms with Crippen molar-refractivity contribution in [2.75, 3.05) is 7.11 Å². The van der Waals surface area contributed by atoms with Gasteiger partial charge in [0, 0.05) is 6.54 Å². The van der Waals surface area contributed by atoms with Crippen molar-refractivity contribution in [1.29, 1.82) is 0 Å². The Morgan fingerprint density at radius 2 is 1.66 bits per heavy atom. The lowest BCUT2D eigenvalue weighted by molar-refractivity contribution is -0.122. The first-order valence-corrected chi connectivity index (χ1v) is 11.0. The van der Waals surface area contributed by atoms with E-state index in [4.69, 9.17) is 5.73 Å². The fraction of sp³-hybridized carbons (Fsp3) is 0.130. The Morgan fingerprint density at radius 3 is 2.22 bits per heavy atom. The fourth-order valence-electron chi connectivity index (χ4n) is 3.23. The van der Waals surface area contributed by atoms with Gasteiger partial charge in [-0.25, -0.2) is 17.6 Å². The van der Waals surface area contributed by atoms with Gasteiger partial charge in [0.25, 0.3) is 0 Å². The third-order valence-corrected chi connectivity index (χ3v) is 6.60. The van der Waals surface area contributed by atoms with Crippen LogP contribution >= 0.6 is 0 Å². The van der Waals surface area contributed by atoms with Crippen molar-refractivity contribution >= 4 is 21.9 Å². The highest BCUT2D eigenvalue weighted by Gasteiger charge is 2.36. The molecule has 7 nitrogen and oxygen atoms in total. The van der Waals surface area contributed by atoms with Crippen LogP contribution in [0.15, 0.2) is 83.8 Å². The zero-order chi connectivity index (χ0) is 23.3. The van der Waals surface area contributed by atoms with Gasteiger partial charge < -0.3 is 10.5 Å². The summed E-state index contributed by atoms with van der Waals surface area (Å²) in [6, 6.07) is 17.4. The molecule has 32 heavy (non-hydrogen) atoms. The Labute approximate surface area is 185 Å². The van der Waals surface area contributed by atoms with Crippen LogP contribution in [0.2, 0.25) is 0 Å². The average Bonchev–Trinajstić information content (AvgIpc) is 2.79. The molecule has 0 aliphatic heterocycles. The highest BCUT2D eigenvalue weighted by Crippen LogP contribution is 2.30. The van der Waals surface area contributed by atoms with Crippen molar-refractivity contribution in [2.24, 2.45) is 5.73 Å². The summed E-state index contributed by atoms with van der Waals surface area (Å²) < 4.78 is 46.4. The molecule has 0 aliphatic carbocycles. The average molecular weight is 456 g/mol. The predicted octanol–water partition coefficient (Wildman–Crippen LogP) is 3.03. The van der Waals surface area contributed by atoms with E-state index in [9.17, 15) is 22.4 Å². The Hall–Kier alpha value is -3.56. The van der Waals surface area contributed by atoms with Gasteiger partial charge in [0.2, 0.25) is 15.9 Å². The van der Waals surface area contributed by atoms with Crippen molar-refractivity contribution in [3.05, 3.63) is 101 Å². The predicted molar refractivity (Wildman–Crippen MR) is 115 cm³/mol. The molecule has 3 aromatic carbocycles. The zero-order valence-electron chi connectivity index (χ0n) is 17.1. The van der Waals surface area contributed by atoms with Crippen LogP contribution in [0.25, 0.3) is 0 Å². The number of rotatable bonds is 8. The van der Waals surface area contributed by atoms with Crippen molar-refractivity contribution in [3.8, 4) is 0 Å². The molecular weight excluding hydrogens is 435 g/mol. The van der Waals surface area contributed by atoms with Crippen LogP contribution in [0, 0.1) is 5.82 Å². The van der Waals surface area contributed by atoms with Gasteiger partial charge in [-0.05, 0) is 41.5 Å². The van der Waals surface area contributed by atoms with Crippen LogP contribution in [0.4, 0.5) is 4.39 Å². The van der Waals surface area contributed by atoms with Gasteiger partial charge in [0.15, 0.2) is 0 Å². The molecule has 0 spiro atoms. The topological polar surface area (TPSA) is 107 Å². The first kappa shape index (κ1) is 23.1. The summed E-state index contributed by atoms with van der Waals surface area (Å²) in [5.74, 6) is -2.16. The minimum absolute atomic E-state index is 0.247. The van der Waals surface area contributed by atoms with Gasteiger partial charge in [-0.2, -0.15) is 4.31 Å². The first-order valence-electron chi connectivity index (χ1n) is 9.53. The van der Waals surface area contributed by atoms with Gasteiger partial charge in [-0.1, -0.05) is 48.5 Å². The maximum Gasteiger partial charge on any atom is 0.337 e. The van der Waals surface area contributed by atoms with Crippen molar-refractivity contribution in [1.82, 2.24) is 4.31 Å². The highest BCUT2D eigenvalue weighted by atomic mass is 32.2. The summed E-state index contributed by atoms with van der Waals surface area (Å²) in [6.45, 7) is -0.247. The van der Waals surface area contributed by atoms with Crippen molar-refractivity contribution < 1.29 is 27.1 Å². The third-order valence-electron chi connectivity index (χ3n) is 4.79. The first-order chi connectivity index (χ1) is 15.2. The number of hydrogen-bond donors (Lipinski definition) is 1. The number of nitrogens with zero attached hydrogens (tertiary/aromatic N) is 1. The highest BCUT2D eigenvalue weighted by molar-refractivity contribution is 7.89. The van der Waals surface area contributed by atoms with E-state index < -0.39 is 33.8 Å². The maximum atomic E-state index is 13.8. The van der Waals surface area contributed by atoms with Gasteiger partial charge in [-0.15, -0.1) is 0 Å². The van der Waals surface area contributed by atoms with E-state index in [-0.39, 0.29) is 17.0 Å².